The predicted octanol–water partition coefficient (Wildman–Crippen LogP) is 6.74. The van der Waals surface area contributed by atoms with Crippen molar-refractivity contribution < 1.29 is 5.11 Å². The first kappa shape index (κ1) is 20.0. The van der Waals surface area contributed by atoms with Crippen LogP contribution in [-0.2, 0) is 5.41 Å². The van der Waals surface area contributed by atoms with Crippen LogP contribution in [0.2, 0.25) is 0 Å². The molecule has 2 aromatic carbocycles. The van der Waals surface area contributed by atoms with Crippen LogP contribution < -0.4 is 5.43 Å². The van der Waals surface area contributed by atoms with Crippen molar-refractivity contribution in [3.05, 3.63) is 64.5 Å². The zero-order chi connectivity index (χ0) is 21.7. The number of hydrogen-bond donors (Lipinski definition) is 2. The Morgan fingerprint density at radius 2 is 1.75 bits per heavy atom. The molecule has 2 N–H and O–H groups in total. The van der Waals surface area contributed by atoms with Gasteiger partial charge in [-0.15, -0.1) is 11.3 Å². The maximum Gasteiger partial charge on any atom is 0.203 e. The smallest absolute Gasteiger partial charge is 0.203 e. The molecule has 5 heteroatoms. The molecule has 0 amide bonds. The summed E-state index contributed by atoms with van der Waals surface area (Å²) in [4.78, 5) is 4.63. The maximum absolute atomic E-state index is 11.3. The lowest BCUT2D eigenvalue weighted by Gasteiger charge is -2.57. The van der Waals surface area contributed by atoms with Gasteiger partial charge in [0.25, 0.3) is 0 Å². The van der Waals surface area contributed by atoms with Crippen LogP contribution in [0.5, 0.6) is 5.75 Å². The van der Waals surface area contributed by atoms with Crippen molar-refractivity contribution in [1.29, 1.82) is 0 Å². The molecule has 0 aliphatic heterocycles. The summed E-state index contributed by atoms with van der Waals surface area (Å²) >= 11 is 1.53. The van der Waals surface area contributed by atoms with Crippen LogP contribution in [-0.4, -0.2) is 16.3 Å². The van der Waals surface area contributed by atoms with Crippen LogP contribution in [0.25, 0.3) is 11.3 Å². The molecule has 4 fully saturated rings. The molecule has 4 saturated carbocycles. The Morgan fingerprint density at radius 1 is 1.06 bits per heavy atom. The fraction of sp³-hybridized carbons (Fsp3) is 0.407. The third-order valence-corrected chi connectivity index (χ3v) is 8.58. The normalized spacial score (nSPS) is 28.5. The molecule has 32 heavy (non-hydrogen) atoms. The molecule has 3 aromatic rings. The number of thiazole rings is 1. The van der Waals surface area contributed by atoms with E-state index in [0.717, 1.165) is 39.7 Å². The zero-order valence-corrected chi connectivity index (χ0v) is 19.2. The number of benzene rings is 2. The van der Waals surface area contributed by atoms with E-state index in [1.54, 1.807) is 6.21 Å². The van der Waals surface area contributed by atoms with E-state index in [1.807, 2.05) is 29.6 Å². The minimum atomic E-state index is 0.167. The van der Waals surface area contributed by atoms with Crippen molar-refractivity contribution in [3.8, 4) is 17.0 Å². The van der Waals surface area contributed by atoms with E-state index in [0.29, 0.717) is 5.75 Å². The van der Waals surface area contributed by atoms with Crippen molar-refractivity contribution >= 4 is 22.7 Å². The van der Waals surface area contributed by atoms with Gasteiger partial charge in [0.2, 0.25) is 5.13 Å². The molecule has 4 bridgehead atoms. The Kier molecular flexibility index (Phi) is 4.83. The van der Waals surface area contributed by atoms with Crippen LogP contribution in [0.3, 0.4) is 0 Å². The maximum atomic E-state index is 11.3. The van der Waals surface area contributed by atoms with Gasteiger partial charge in [-0.3, -0.25) is 5.43 Å². The number of anilines is 1. The summed E-state index contributed by atoms with van der Waals surface area (Å²) in [6.45, 7) is 2.13. The summed E-state index contributed by atoms with van der Waals surface area (Å²) in [5.41, 5.74) is 8.40. The molecule has 1 aromatic heterocycles. The van der Waals surface area contributed by atoms with Crippen LogP contribution in [0, 0.1) is 24.7 Å². The van der Waals surface area contributed by atoms with Gasteiger partial charge in [-0.05, 0) is 80.2 Å². The number of aromatic hydroxyl groups is 1. The SMILES string of the molecule is Cc1cc(C=NNc2nc(-c3ccccc3)cs2)c(O)c(C23CC4CC(CC(C4)C2)C3)c1. The summed E-state index contributed by atoms with van der Waals surface area (Å²) in [5.74, 6) is 2.98. The fourth-order valence-electron chi connectivity index (χ4n) is 6.97. The van der Waals surface area contributed by atoms with Gasteiger partial charge in [-0.1, -0.05) is 36.4 Å². The highest BCUT2D eigenvalue weighted by Crippen LogP contribution is 2.62. The Labute approximate surface area is 193 Å². The van der Waals surface area contributed by atoms with Gasteiger partial charge in [0.15, 0.2) is 0 Å². The summed E-state index contributed by atoms with van der Waals surface area (Å²) < 4.78 is 0. The molecular weight excluding hydrogens is 414 g/mol. The lowest BCUT2D eigenvalue weighted by atomic mass is 9.48. The summed E-state index contributed by atoms with van der Waals surface area (Å²) in [6.07, 6.45) is 9.69. The monoisotopic (exact) mass is 443 g/mol. The largest absolute Gasteiger partial charge is 0.507 e. The number of nitrogens with one attached hydrogen (secondary N) is 1. The molecule has 4 aliphatic rings. The first-order valence-electron chi connectivity index (χ1n) is 11.7. The highest BCUT2D eigenvalue weighted by molar-refractivity contribution is 7.14. The van der Waals surface area contributed by atoms with Gasteiger partial charge in [-0.2, -0.15) is 5.10 Å². The molecule has 0 saturated heterocycles. The first-order chi connectivity index (χ1) is 15.6. The van der Waals surface area contributed by atoms with Crippen LogP contribution in [0.1, 0.15) is 55.2 Å². The van der Waals surface area contributed by atoms with Crippen molar-refractivity contribution in [1.82, 2.24) is 4.98 Å². The van der Waals surface area contributed by atoms with Gasteiger partial charge in [0.05, 0.1) is 11.9 Å². The summed E-state index contributed by atoms with van der Waals surface area (Å²) in [6, 6.07) is 14.4. The predicted molar refractivity (Wildman–Crippen MR) is 131 cm³/mol. The summed E-state index contributed by atoms with van der Waals surface area (Å²) in [5, 5.41) is 18.5. The van der Waals surface area contributed by atoms with E-state index >= 15 is 0 Å². The van der Waals surface area contributed by atoms with Crippen molar-refractivity contribution in [2.24, 2.45) is 22.9 Å². The minimum absolute atomic E-state index is 0.167. The Balaban J connectivity index is 1.24. The number of aryl methyl sites for hydroxylation is 1. The molecule has 4 nitrogen and oxygen atoms in total. The molecule has 0 radical (unpaired) electrons. The lowest BCUT2D eigenvalue weighted by molar-refractivity contribution is -0.00616. The quantitative estimate of drug-likeness (QED) is 0.339. The number of hydrogen-bond acceptors (Lipinski definition) is 5. The summed E-state index contributed by atoms with van der Waals surface area (Å²) in [7, 11) is 0. The Morgan fingerprint density at radius 3 is 2.44 bits per heavy atom. The van der Waals surface area contributed by atoms with E-state index in [2.05, 4.69) is 40.6 Å². The number of rotatable bonds is 5. The third-order valence-electron chi connectivity index (χ3n) is 7.83. The average Bonchev–Trinajstić information content (AvgIpc) is 3.24. The van der Waals surface area contributed by atoms with Crippen LogP contribution in [0.4, 0.5) is 5.13 Å². The highest BCUT2D eigenvalue weighted by atomic mass is 32.1. The molecule has 4 aliphatic carbocycles. The van der Waals surface area contributed by atoms with Crippen molar-refractivity contribution in [2.75, 3.05) is 5.43 Å². The van der Waals surface area contributed by atoms with E-state index in [-0.39, 0.29) is 5.41 Å². The fourth-order valence-corrected chi connectivity index (χ4v) is 7.64. The van der Waals surface area contributed by atoms with Gasteiger partial charge >= 0.3 is 0 Å². The first-order valence-corrected chi connectivity index (χ1v) is 12.6. The topological polar surface area (TPSA) is 57.5 Å². The number of phenols is 1. The van der Waals surface area contributed by atoms with E-state index < -0.39 is 0 Å². The highest BCUT2D eigenvalue weighted by Gasteiger charge is 2.52. The van der Waals surface area contributed by atoms with Gasteiger partial charge in [0, 0.05) is 22.1 Å². The molecule has 7 rings (SSSR count). The number of hydrazone groups is 1. The molecular formula is C27H29N3OS. The minimum Gasteiger partial charge on any atom is -0.507 e. The average molecular weight is 444 g/mol. The molecule has 164 valence electrons. The standard InChI is InChI=1S/C27H29N3OS/c1-17-7-22(15-28-30-26-29-24(16-32-26)21-5-3-2-4-6-21)25(31)23(8-17)27-12-18-9-19(13-27)11-20(10-18)14-27/h2-8,15-16,18-20,31H,9-14H2,1H3,(H,29,30). The van der Waals surface area contributed by atoms with Crippen LogP contribution in [0.15, 0.2) is 52.9 Å². The Bertz CT molecular complexity index is 1130. The second kappa shape index (κ2) is 7.73. The molecule has 0 unspecified atom stereocenters. The number of aromatic nitrogens is 1. The van der Waals surface area contributed by atoms with E-state index in [9.17, 15) is 5.11 Å². The second-order valence-corrected chi connectivity index (χ2v) is 11.1. The van der Waals surface area contributed by atoms with Gasteiger partial charge in [0.1, 0.15) is 5.75 Å². The van der Waals surface area contributed by atoms with E-state index in [4.69, 9.17) is 0 Å². The van der Waals surface area contributed by atoms with Gasteiger partial charge < -0.3 is 5.11 Å². The van der Waals surface area contributed by atoms with Crippen molar-refractivity contribution in [3.63, 3.8) is 0 Å². The second-order valence-electron chi connectivity index (χ2n) is 10.2. The lowest BCUT2D eigenvalue weighted by Crippen LogP contribution is -2.48. The van der Waals surface area contributed by atoms with Gasteiger partial charge in [-0.25, -0.2) is 4.98 Å². The Hall–Kier alpha value is -2.66. The molecule has 1 heterocycles. The zero-order valence-electron chi connectivity index (χ0n) is 18.4. The third kappa shape index (κ3) is 3.53. The molecule has 0 atom stereocenters. The van der Waals surface area contributed by atoms with Crippen molar-refractivity contribution in [2.45, 2.75) is 50.9 Å². The van der Waals surface area contributed by atoms with Crippen LogP contribution >= 0.6 is 11.3 Å². The number of nitrogens with zero attached hydrogens (tertiary/aromatic N) is 2. The molecule has 0 spiro atoms. The number of phenolic OH excluding ortho intramolecular Hbond substituents is 1. The van der Waals surface area contributed by atoms with E-state index in [1.165, 1.54) is 61.0 Å².